The zero-order valence-electron chi connectivity index (χ0n) is 16.2. The molecule has 7 heteroatoms. The minimum absolute atomic E-state index is 0.163. The van der Waals surface area contributed by atoms with Crippen molar-refractivity contribution >= 4 is 17.1 Å². The fraction of sp³-hybridized carbons (Fsp3) is 0.273. The van der Waals surface area contributed by atoms with Gasteiger partial charge in [-0.1, -0.05) is 12.6 Å². The van der Waals surface area contributed by atoms with E-state index in [-0.39, 0.29) is 25.9 Å². The van der Waals surface area contributed by atoms with E-state index in [0.29, 0.717) is 11.5 Å². The van der Waals surface area contributed by atoms with Crippen molar-refractivity contribution in [2.24, 2.45) is 0 Å². The molecule has 1 fully saturated rings. The highest BCUT2D eigenvalue weighted by atomic mass is 19.3. The summed E-state index contributed by atoms with van der Waals surface area (Å²) in [6.45, 7) is 4.79. The number of furan rings is 1. The second kappa shape index (κ2) is 7.66. The molecule has 0 spiro atoms. The van der Waals surface area contributed by atoms with Gasteiger partial charge in [-0.25, -0.2) is 18.7 Å². The third kappa shape index (κ3) is 3.99. The number of anilines is 2. The first kappa shape index (κ1) is 19.1. The Morgan fingerprint density at radius 1 is 1.14 bits per heavy atom. The summed E-state index contributed by atoms with van der Waals surface area (Å²) < 4.78 is 32.1. The average molecular weight is 396 g/mol. The third-order valence-electron chi connectivity index (χ3n) is 5.25. The van der Waals surface area contributed by atoms with E-state index < -0.39 is 5.92 Å². The number of hydrogen-bond acceptors (Lipinski definition) is 5. The summed E-state index contributed by atoms with van der Waals surface area (Å²) in [5.41, 5.74) is 5.18. The van der Waals surface area contributed by atoms with Crippen LogP contribution in [0.4, 0.5) is 20.3 Å². The molecule has 5 nitrogen and oxygen atoms in total. The van der Waals surface area contributed by atoms with Crippen LogP contribution in [-0.2, 0) is 0 Å². The molecule has 0 saturated carbocycles. The molecular weight excluding hydrogens is 374 g/mol. The second-order valence-corrected chi connectivity index (χ2v) is 7.11. The molecule has 4 rings (SSSR count). The number of benzene rings is 1. The number of aromatic nitrogens is 2. The molecule has 0 unspecified atom stereocenters. The van der Waals surface area contributed by atoms with Gasteiger partial charge in [0.2, 0.25) is 0 Å². The van der Waals surface area contributed by atoms with Gasteiger partial charge in [0.1, 0.15) is 12.1 Å². The van der Waals surface area contributed by atoms with Gasteiger partial charge in [0.25, 0.3) is 5.92 Å². The molecule has 1 N–H and O–H groups in total. The number of rotatable bonds is 5. The summed E-state index contributed by atoms with van der Waals surface area (Å²) in [4.78, 5) is 10.5. The number of piperidine rings is 1. The van der Waals surface area contributed by atoms with Gasteiger partial charge in [-0.15, -0.1) is 0 Å². The van der Waals surface area contributed by atoms with Crippen molar-refractivity contribution in [1.82, 2.24) is 9.97 Å². The Hall–Kier alpha value is -3.22. The molecule has 0 aliphatic carbocycles. The molecule has 1 aromatic carbocycles. The maximum absolute atomic E-state index is 13.5. The number of nitrogens with one attached hydrogen (secondary N) is 1. The van der Waals surface area contributed by atoms with E-state index in [0.717, 1.165) is 28.0 Å². The van der Waals surface area contributed by atoms with Gasteiger partial charge in [-0.05, 0) is 23.8 Å². The molecule has 0 radical (unpaired) electrons. The molecule has 0 atom stereocenters. The van der Waals surface area contributed by atoms with Gasteiger partial charge in [0, 0.05) is 61.4 Å². The van der Waals surface area contributed by atoms with Gasteiger partial charge in [0.05, 0.1) is 18.2 Å². The molecule has 29 heavy (non-hydrogen) atoms. The Morgan fingerprint density at radius 3 is 2.62 bits per heavy atom. The number of halogens is 2. The highest BCUT2D eigenvalue weighted by molar-refractivity contribution is 5.86. The van der Waals surface area contributed by atoms with E-state index in [4.69, 9.17) is 4.42 Å². The summed E-state index contributed by atoms with van der Waals surface area (Å²) in [7, 11) is 1.85. The zero-order chi connectivity index (χ0) is 20.4. The maximum Gasteiger partial charge on any atom is 0.251 e. The fourth-order valence-electron chi connectivity index (χ4n) is 3.51. The lowest BCUT2D eigenvalue weighted by atomic mass is 9.97. The van der Waals surface area contributed by atoms with Crippen LogP contribution in [0.1, 0.15) is 24.1 Å². The first-order valence-electron chi connectivity index (χ1n) is 9.46. The molecular formula is C22H22F2N4O. The molecule has 0 bridgehead atoms. The lowest BCUT2D eigenvalue weighted by Gasteiger charge is -2.32. The lowest BCUT2D eigenvalue weighted by molar-refractivity contribution is -0.0221. The number of hydrogen-bond donors (Lipinski definition) is 1. The Labute approximate surface area is 168 Å². The average Bonchev–Trinajstić information content (AvgIpc) is 3.28. The van der Waals surface area contributed by atoms with Gasteiger partial charge in [-0.3, -0.25) is 0 Å². The standard InChI is InChI=1S/C22H22F2N4O/c1-15(18-11-16(3-4-19(18)25-2)17-5-10-29-13-17)20-12-21(27-14-26-20)28-8-6-22(23,24)7-9-28/h3-5,10-14,25H,1,6-9H2,2H3. The first-order chi connectivity index (χ1) is 14.0. The highest BCUT2D eigenvalue weighted by Gasteiger charge is 2.34. The van der Waals surface area contributed by atoms with E-state index in [2.05, 4.69) is 21.9 Å². The predicted octanol–water partition coefficient (Wildman–Crippen LogP) is 5.08. The van der Waals surface area contributed by atoms with Crippen molar-refractivity contribution in [3.63, 3.8) is 0 Å². The molecule has 2 aromatic heterocycles. The van der Waals surface area contributed by atoms with Crippen LogP contribution in [0.2, 0.25) is 0 Å². The molecule has 150 valence electrons. The van der Waals surface area contributed by atoms with E-state index in [1.54, 1.807) is 12.5 Å². The predicted molar refractivity (Wildman–Crippen MR) is 110 cm³/mol. The Kier molecular flexibility index (Phi) is 5.05. The van der Waals surface area contributed by atoms with Crippen molar-refractivity contribution < 1.29 is 13.2 Å². The normalized spacial score (nSPS) is 15.9. The van der Waals surface area contributed by atoms with Crippen molar-refractivity contribution in [3.8, 4) is 11.1 Å². The fourth-order valence-corrected chi connectivity index (χ4v) is 3.51. The van der Waals surface area contributed by atoms with Gasteiger partial charge >= 0.3 is 0 Å². The van der Waals surface area contributed by atoms with Crippen molar-refractivity contribution in [3.05, 3.63) is 67.0 Å². The van der Waals surface area contributed by atoms with E-state index >= 15 is 0 Å². The van der Waals surface area contributed by atoms with Gasteiger partial charge in [0.15, 0.2) is 0 Å². The maximum atomic E-state index is 13.5. The summed E-state index contributed by atoms with van der Waals surface area (Å²) in [5.74, 6) is -1.95. The van der Waals surface area contributed by atoms with Crippen LogP contribution in [0.25, 0.3) is 16.7 Å². The van der Waals surface area contributed by atoms with Gasteiger partial charge in [-0.2, -0.15) is 0 Å². The smallest absolute Gasteiger partial charge is 0.251 e. The van der Waals surface area contributed by atoms with E-state index in [9.17, 15) is 8.78 Å². The van der Waals surface area contributed by atoms with Gasteiger partial charge < -0.3 is 14.6 Å². The largest absolute Gasteiger partial charge is 0.472 e. The third-order valence-corrected chi connectivity index (χ3v) is 5.25. The minimum Gasteiger partial charge on any atom is -0.472 e. The quantitative estimate of drug-likeness (QED) is 0.652. The molecule has 1 aliphatic heterocycles. The van der Waals surface area contributed by atoms with E-state index in [1.165, 1.54) is 6.33 Å². The SMILES string of the molecule is C=C(c1cc(N2CCC(F)(F)CC2)ncn1)c1cc(-c2ccoc2)ccc1NC. The monoisotopic (exact) mass is 396 g/mol. The van der Waals surface area contributed by atoms with Crippen molar-refractivity contribution in [2.45, 2.75) is 18.8 Å². The van der Waals surface area contributed by atoms with Crippen LogP contribution in [0.3, 0.4) is 0 Å². The number of nitrogens with zero attached hydrogens (tertiary/aromatic N) is 3. The topological polar surface area (TPSA) is 54.2 Å². The van der Waals surface area contributed by atoms with E-state index in [1.807, 2.05) is 42.3 Å². The lowest BCUT2D eigenvalue weighted by Crippen LogP contribution is -2.39. The molecule has 1 aliphatic rings. The first-order valence-corrected chi connectivity index (χ1v) is 9.46. The van der Waals surface area contributed by atoms with Crippen molar-refractivity contribution in [1.29, 1.82) is 0 Å². The van der Waals surface area contributed by atoms with Crippen LogP contribution >= 0.6 is 0 Å². The summed E-state index contributed by atoms with van der Waals surface area (Å²) in [6.07, 6.45) is 4.46. The van der Waals surface area contributed by atoms with Crippen LogP contribution in [0, 0.1) is 0 Å². The molecule has 3 aromatic rings. The van der Waals surface area contributed by atoms with Crippen molar-refractivity contribution in [2.75, 3.05) is 30.4 Å². The van der Waals surface area contributed by atoms with Crippen LogP contribution in [-0.4, -0.2) is 36.0 Å². The summed E-state index contributed by atoms with van der Waals surface area (Å²) >= 11 is 0. The second-order valence-electron chi connectivity index (χ2n) is 7.11. The highest BCUT2D eigenvalue weighted by Crippen LogP contribution is 2.34. The molecule has 0 amide bonds. The Bertz CT molecular complexity index is 1010. The Morgan fingerprint density at radius 2 is 1.93 bits per heavy atom. The summed E-state index contributed by atoms with van der Waals surface area (Å²) in [6, 6.07) is 9.73. The number of alkyl halides is 2. The van der Waals surface area contributed by atoms with Crippen LogP contribution < -0.4 is 10.2 Å². The van der Waals surface area contributed by atoms with Crippen LogP contribution in [0.5, 0.6) is 0 Å². The zero-order valence-corrected chi connectivity index (χ0v) is 16.2. The molecule has 1 saturated heterocycles. The molecule has 3 heterocycles. The van der Waals surface area contributed by atoms with Crippen LogP contribution in [0.15, 0.2) is 60.2 Å². The Balaban J connectivity index is 1.64. The minimum atomic E-state index is -2.59. The summed E-state index contributed by atoms with van der Waals surface area (Å²) in [5, 5.41) is 3.18.